The number of hydrogen-bond donors (Lipinski definition) is 2. The van der Waals surface area contributed by atoms with E-state index in [9.17, 15) is 20.0 Å². The SMILES string of the molecule is N#Cc1c(NC(=O)C2=C(C(=O)O)CCCC2)sc2c1CCN(Cc1ccccc1)C2. The van der Waals surface area contributed by atoms with Crippen molar-refractivity contribution in [1.82, 2.24) is 4.90 Å². The number of carbonyl (C=O) groups is 2. The Bertz CT molecular complexity index is 1050. The van der Waals surface area contributed by atoms with Gasteiger partial charge >= 0.3 is 5.97 Å². The third-order valence-electron chi connectivity index (χ3n) is 5.72. The summed E-state index contributed by atoms with van der Waals surface area (Å²) in [4.78, 5) is 27.8. The highest BCUT2D eigenvalue weighted by Crippen LogP contribution is 2.37. The van der Waals surface area contributed by atoms with Gasteiger partial charge in [0.2, 0.25) is 0 Å². The lowest BCUT2D eigenvalue weighted by Crippen LogP contribution is -2.29. The minimum atomic E-state index is -1.03. The van der Waals surface area contributed by atoms with E-state index in [-0.39, 0.29) is 11.5 Å². The van der Waals surface area contributed by atoms with E-state index in [0.29, 0.717) is 29.0 Å². The van der Waals surface area contributed by atoms with Crippen molar-refractivity contribution < 1.29 is 14.7 Å². The summed E-state index contributed by atoms with van der Waals surface area (Å²) < 4.78 is 0. The fraction of sp³-hybridized carbons (Fsp3) is 0.348. The van der Waals surface area contributed by atoms with Crippen molar-refractivity contribution >= 4 is 28.2 Å². The van der Waals surface area contributed by atoms with Gasteiger partial charge < -0.3 is 10.4 Å². The molecule has 0 radical (unpaired) electrons. The molecule has 0 saturated carbocycles. The molecular formula is C23H23N3O3S. The van der Waals surface area contributed by atoms with Crippen LogP contribution in [0.2, 0.25) is 0 Å². The highest BCUT2D eigenvalue weighted by atomic mass is 32.1. The maximum atomic E-state index is 12.8. The van der Waals surface area contributed by atoms with Crippen LogP contribution in [0.5, 0.6) is 0 Å². The summed E-state index contributed by atoms with van der Waals surface area (Å²) >= 11 is 1.44. The molecule has 7 heteroatoms. The summed E-state index contributed by atoms with van der Waals surface area (Å²) in [5.41, 5.74) is 3.33. The number of aliphatic carboxylic acids is 1. The van der Waals surface area contributed by atoms with Crippen LogP contribution in [0, 0.1) is 11.3 Å². The van der Waals surface area contributed by atoms with Crippen molar-refractivity contribution in [1.29, 1.82) is 5.26 Å². The number of hydrogen-bond acceptors (Lipinski definition) is 5. The second kappa shape index (κ2) is 8.82. The predicted molar refractivity (Wildman–Crippen MR) is 115 cm³/mol. The van der Waals surface area contributed by atoms with E-state index in [0.717, 1.165) is 49.3 Å². The summed E-state index contributed by atoms with van der Waals surface area (Å²) in [5.74, 6) is -1.41. The van der Waals surface area contributed by atoms with E-state index in [2.05, 4.69) is 28.4 Å². The van der Waals surface area contributed by atoms with Crippen LogP contribution in [-0.4, -0.2) is 28.4 Å². The Balaban J connectivity index is 1.54. The van der Waals surface area contributed by atoms with Crippen LogP contribution in [0.25, 0.3) is 0 Å². The molecule has 4 rings (SSSR count). The molecule has 0 atom stereocenters. The van der Waals surface area contributed by atoms with Gasteiger partial charge in [-0.1, -0.05) is 30.3 Å². The molecular weight excluding hydrogens is 398 g/mol. The fourth-order valence-electron chi connectivity index (χ4n) is 4.21. The zero-order valence-electron chi connectivity index (χ0n) is 16.6. The maximum absolute atomic E-state index is 12.8. The van der Waals surface area contributed by atoms with Crippen LogP contribution >= 0.6 is 11.3 Å². The van der Waals surface area contributed by atoms with Gasteiger partial charge in [-0.05, 0) is 43.2 Å². The number of rotatable bonds is 5. The Morgan fingerprint density at radius 3 is 2.57 bits per heavy atom. The number of amides is 1. The molecule has 154 valence electrons. The molecule has 0 fully saturated rings. The smallest absolute Gasteiger partial charge is 0.332 e. The number of carboxylic acid groups (broad SMARTS) is 1. The molecule has 2 N–H and O–H groups in total. The van der Waals surface area contributed by atoms with Gasteiger partial charge in [-0.3, -0.25) is 9.69 Å². The Hall–Kier alpha value is -2.95. The van der Waals surface area contributed by atoms with Gasteiger partial charge in [0, 0.05) is 35.7 Å². The van der Waals surface area contributed by atoms with Crippen molar-refractivity contribution in [2.75, 3.05) is 11.9 Å². The zero-order valence-corrected chi connectivity index (χ0v) is 17.4. The van der Waals surface area contributed by atoms with Crippen molar-refractivity contribution in [2.45, 2.75) is 45.2 Å². The van der Waals surface area contributed by atoms with Crippen LogP contribution < -0.4 is 5.32 Å². The van der Waals surface area contributed by atoms with Crippen molar-refractivity contribution in [2.24, 2.45) is 0 Å². The van der Waals surface area contributed by atoms with Crippen LogP contribution in [0.3, 0.4) is 0 Å². The molecule has 2 aromatic rings. The minimum Gasteiger partial charge on any atom is -0.478 e. The number of thiophene rings is 1. The average molecular weight is 422 g/mol. The van der Waals surface area contributed by atoms with E-state index in [4.69, 9.17) is 0 Å². The predicted octanol–water partition coefficient (Wildman–Crippen LogP) is 4.07. The number of nitrogens with zero attached hydrogens (tertiary/aromatic N) is 2. The minimum absolute atomic E-state index is 0.201. The Kier molecular flexibility index (Phi) is 5.98. The van der Waals surface area contributed by atoms with Gasteiger partial charge in [0.25, 0.3) is 5.91 Å². The molecule has 0 unspecified atom stereocenters. The van der Waals surface area contributed by atoms with Crippen LogP contribution in [0.15, 0.2) is 41.5 Å². The molecule has 30 heavy (non-hydrogen) atoms. The lowest BCUT2D eigenvalue weighted by Gasteiger charge is -2.26. The number of benzene rings is 1. The normalized spacial score (nSPS) is 16.6. The van der Waals surface area contributed by atoms with Gasteiger partial charge in [0.15, 0.2) is 0 Å². The van der Waals surface area contributed by atoms with E-state index in [1.807, 2.05) is 18.2 Å². The van der Waals surface area contributed by atoms with E-state index >= 15 is 0 Å². The molecule has 1 aromatic heterocycles. The van der Waals surface area contributed by atoms with Gasteiger partial charge in [-0.25, -0.2) is 4.79 Å². The standard InChI is InChI=1S/C23H23N3O3S/c24-12-19-16-10-11-26(13-15-6-2-1-3-7-15)14-20(16)30-22(19)25-21(27)17-8-4-5-9-18(17)23(28)29/h1-3,6-7H,4-5,8-11,13-14H2,(H,25,27)(H,28,29). The molecule has 0 spiro atoms. The summed E-state index contributed by atoms with van der Waals surface area (Å²) in [6, 6.07) is 12.5. The lowest BCUT2D eigenvalue weighted by molar-refractivity contribution is -0.133. The van der Waals surface area contributed by atoms with E-state index < -0.39 is 5.97 Å². The first-order valence-electron chi connectivity index (χ1n) is 10.1. The number of carbonyl (C=O) groups excluding carboxylic acids is 1. The molecule has 1 aliphatic heterocycles. The fourth-order valence-corrected chi connectivity index (χ4v) is 5.45. The quantitative estimate of drug-likeness (QED) is 0.759. The van der Waals surface area contributed by atoms with Crippen LogP contribution in [0.1, 0.15) is 47.3 Å². The number of carboxylic acids is 1. The summed E-state index contributed by atoms with van der Waals surface area (Å²) in [5, 5.41) is 22.5. The summed E-state index contributed by atoms with van der Waals surface area (Å²) in [6.45, 7) is 2.44. The molecule has 1 aromatic carbocycles. The molecule has 2 heterocycles. The molecule has 2 aliphatic rings. The molecule has 0 bridgehead atoms. The second-order valence-electron chi connectivity index (χ2n) is 7.69. The zero-order chi connectivity index (χ0) is 21.1. The molecule has 0 saturated heterocycles. The first-order chi connectivity index (χ1) is 14.6. The average Bonchev–Trinajstić information content (AvgIpc) is 3.10. The van der Waals surface area contributed by atoms with Gasteiger partial charge in [0.05, 0.1) is 5.56 Å². The first kappa shape index (κ1) is 20.3. The van der Waals surface area contributed by atoms with E-state index in [1.54, 1.807) is 0 Å². The Labute approximate surface area is 179 Å². The van der Waals surface area contributed by atoms with Crippen LogP contribution in [-0.2, 0) is 29.1 Å². The maximum Gasteiger partial charge on any atom is 0.332 e. The van der Waals surface area contributed by atoms with Crippen molar-refractivity contribution in [3.8, 4) is 6.07 Å². The van der Waals surface area contributed by atoms with Crippen molar-refractivity contribution in [3.63, 3.8) is 0 Å². The Morgan fingerprint density at radius 2 is 1.87 bits per heavy atom. The second-order valence-corrected chi connectivity index (χ2v) is 8.79. The van der Waals surface area contributed by atoms with Crippen LogP contribution in [0.4, 0.5) is 5.00 Å². The van der Waals surface area contributed by atoms with Gasteiger partial charge in [-0.15, -0.1) is 11.3 Å². The third-order valence-corrected chi connectivity index (χ3v) is 6.86. The number of nitrogens with one attached hydrogen (secondary N) is 1. The van der Waals surface area contributed by atoms with Gasteiger partial charge in [0.1, 0.15) is 11.1 Å². The highest BCUT2D eigenvalue weighted by molar-refractivity contribution is 7.16. The number of anilines is 1. The van der Waals surface area contributed by atoms with E-state index in [1.165, 1.54) is 16.9 Å². The summed E-state index contributed by atoms with van der Waals surface area (Å²) in [6.07, 6.45) is 3.23. The van der Waals surface area contributed by atoms with Gasteiger partial charge in [-0.2, -0.15) is 5.26 Å². The number of fused-ring (bicyclic) bond motifs is 1. The monoisotopic (exact) mass is 421 g/mol. The molecule has 1 amide bonds. The highest BCUT2D eigenvalue weighted by Gasteiger charge is 2.28. The lowest BCUT2D eigenvalue weighted by atomic mass is 9.91. The molecule has 1 aliphatic carbocycles. The topological polar surface area (TPSA) is 93.4 Å². The molecule has 6 nitrogen and oxygen atoms in total. The van der Waals surface area contributed by atoms with Crippen molar-refractivity contribution in [3.05, 3.63) is 63.0 Å². The third kappa shape index (κ3) is 4.16. The number of nitriles is 1. The Morgan fingerprint density at radius 1 is 1.13 bits per heavy atom. The summed E-state index contributed by atoms with van der Waals surface area (Å²) in [7, 11) is 0. The first-order valence-corrected chi connectivity index (χ1v) is 11.0. The largest absolute Gasteiger partial charge is 0.478 e.